The molecular formula is C11H9ClN2O. The number of fused-ring (bicyclic) bond motifs is 1. The molecule has 0 saturated carbocycles. The minimum absolute atomic E-state index is 0.437. The van der Waals surface area contributed by atoms with E-state index in [0.717, 1.165) is 10.9 Å². The maximum atomic E-state index is 8.91. The van der Waals surface area contributed by atoms with Gasteiger partial charge in [0.05, 0.1) is 22.7 Å². The standard InChI is InChI=1S/C11H9ClN2O/c1-2-15-9-5-7(6-13)10(12)8-3-4-14-11(8)9/h3-5,14H,2H2,1H3. The molecule has 0 spiro atoms. The minimum Gasteiger partial charge on any atom is -0.492 e. The Balaban J connectivity index is 2.75. The molecule has 4 heteroatoms. The van der Waals surface area contributed by atoms with E-state index < -0.39 is 0 Å². The Morgan fingerprint density at radius 2 is 2.40 bits per heavy atom. The number of nitrogens with one attached hydrogen (secondary N) is 1. The number of nitriles is 1. The molecule has 1 heterocycles. The van der Waals surface area contributed by atoms with Crippen LogP contribution in [0.3, 0.4) is 0 Å². The number of ether oxygens (including phenoxy) is 1. The first-order chi connectivity index (χ1) is 7.27. The summed E-state index contributed by atoms with van der Waals surface area (Å²) < 4.78 is 5.43. The molecule has 0 aliphatic heterocycles. The summed E-state index contributed by atoms with van der Waals surface area (Å²) in [6.45, 7) is 2.45. The Bertz CT molecular complexity index is 539. The Hall–Kier alpha value is -1.66. The van der Waals surface area contributed by atoms with Crippen molar-refractivity contribution in [3.8, 4) is 11.8 Å². The summed E-state index contributed by atoms with van der Waals surface area (Å²) in [5, 5.41) is 10.2. The zero-order valence-corrected chi connectivity index (χ0v) is 8.93. The van der Waals surface area contributed by atoms with Crippen LogP contribution < -0.4 is 4.74 Å². The molecule has 0 atom stereocenters. The number of hydrogen-bond acceptors (Lipinski definition) is 2. The lowest BCUT2D eigenvalue weighted by atomic mass is 10.1. The van der Waals surface area contributed by atoms with Crippen molar-refractivity contribution in [1.82, 2.24) is 4.98 Å². The van der Waals surface area contributed by atoms with Gasteiger partial charge in [0.2, 0.25) is 0 Å². The summed E-state index contributed by atoms with van der Waals surface area (Å²) in [5.74, 6) is 0.665. The summed E-state index contributed by atoms with van der Waals surface area (Å²) in [6, 6.07) is 5.54. The van der Waals surface area contributed by atoms with E-state index in [0.29, 0.717) is 22.9 Å². The molecule has 1 N–H and O–H groups in total. The van der Waals surface area contributed by atoms with Crippen molar-refractivity contribution >= 4 is 22.5 Å². The molecule has 76 valence electrons. The lowest BCUT2D eigenvalue weighted by molar-refractivity contribution is 0.343. The highest BCUT2D eigenvalue weighted by Gasteiger charge is 2.11. The van der Waals surface area contributed by atoms with Crippen LogP contribution in [0.2, 0.25) is 5.02 Å². The molecule has 0 bridgehead atoms. The van der Waals surface area contributed by atoms with Crippen LogP contribution in [0.1, 0.15) is 12.5 Å². The van der Waals surface area contributed by atoms with Crippen molar-refractivity contribution in [2.45, 2.75) is 6.92 Å². The molecule has 0 aliphatic rings. The third kappa shape index (κ3) is 1.53. The fourth-order valence-corrected chi connectivity index (χ4v) is 1.77. The summed E-state index contributed by atoms with van der Waals surface area (Å²) in [4.78, 5) is 3.05. The van der Waals surface area contributed by atoms with Gasteiger partial charge in [-0.2, -0.15) is 5.26 Å². The molecular weight excluding hydrogens is 212 g/mol. The quantitative estimate of drug-likeness (QED) is 0.846. The van der Waals surface area contributed by atoms with E-state index in [1.807, 2.05) is 13.0 Å². The third-order valence-electron chi connectivity index (χ3n) is 2.16. The highest BCUT2D eigenvalue weighted by Crippen LogP contribution is 2.33. The Labute approximate surface area is 92.2 Å². The van der Waals surface area contributed by atoms with Gasteiger partial charge in [0, 0.05) is 17.6 Å². The SMILES string of the molecule is CCOc1cc(C#N)c(Cl)c2cc[nH]c12. The number of benzene rings is 1. The Kier molecular flexibility index (Phi) is 2.53. The molecule has 0 aliphatic carbocycles. The average molecular weight is 221 g/mol. The van der Waals surface area contributed by atoms with Gasteiger partial charge in [-0.05, 0) is 13.0 Å². The predicted octanol–water partition coefficient (Wildman–Crippen LogP) is 3.09. The van der Waals surface area contributed by atoms with Crippen LogP contribution in [0, 0.1) is 11.3 Å². The number of hydrogen-bond donors (Lipinski definition) is 1. The topological polar surface area (TPSA) is 48.8 Å². The number of H-pyrrole nitrogens is 1. The van der Waals surface area contributed by atoms with E-state index in [2.05, 4.69) is 11.1 Å². The van der Waals surface area contributed by atoms with E-state index >= 15 is 0 Å². The van der Waals surface area contributed by atoms with Crippen molar-refractivity contribution in [1.29, 1.82) is 5.26 Å². The second-order valence-corrected chi connectivity index (χ2v) is 3.43. The van der Waals surface area contributed by atoms with Gasteiger partial charge in [0.1, 0.15) is 11.8 Å². The van der Waals surface area contributed by atoms with Crippen molar-refractivity contribution in [3.05, 3.63) is 28.9 Å². The maximum Gasteiger partial charge on any atom is 0.144 e. The molecule has 2 rings (SSSR count). The smallest absolute Gasteiger partial charge is 0.144 e. The van der Waals surface area contributed by atoms with Gasteiger partial charge in [-0.3, -0.25) is 0 Å². The van der Waals surface area contributed by atoms with Crippen LogP contribution in [-0.2, 0) is 0 Å². The highest BCUT2D eigenvalue weighted by atomic mass is 35.5. The van der Waals surface area contributed by atoms with Gasteiger partial charge in [0.15, 0.2) is 0 Å². The van der Waals surface area contributed by atoms with Gasteiger partial charge >= 0.3 is 0 Å². The van der Waals surface area contributed by atoms with Crippen LogP contribution >= 0.6 is 11.6 Å². The molecule has 0 saturated heterocycles. The molecule has 0 unspecified atom stereocenters. The molecule has 2 aromatic rings. The fourth-order valence-electron chi connectivity index (χ4n) is 1.52. The predicted molar refractivity (Wildman–Crippen MR) is 59.2 cm³/mol. The van der Waals surface area contributed by atoms with Crippen molar-refractivity contribution in [3.63, 3.8) is 0 Å². The molecule has 0 radical (unpaired) electrons. The summed E-state index contributed by atoms with van der Waals surface area (Å²) in [6.07, 6.45) is 1.78. The van der Waals surface area contributed by atoms with Gasteiger partial charge in [-0.15, -0.1) is 0 Å². The van der Waals surface area contributed by atoms with E-state index in [1.165, 1.54) is 0 Å². The zero-order chi connectivity index (χ0) is 10.8. The number of aromatic amines is 1. The first-order valence-corrected chi connectivity index (χ1v) is 4.98. The summed E-state index contributed by atoms with van der Waals surface area (Å²) >= 11 is 6.06. The number of rotatable bonds is 2. The first kappa shape index (κ1) is 9.88. The van der Waals surface area contributed by atoms with Gasteiger partial charge in [0.25, 0.3) is 0 Å². The van der Waals surface area contributed by atoms with Crippen LogP contribution in [0.4, 0.5) is 0 Å². The van der Waals surface area contributed by atoms with E-state index in [-0.39, 0.29) is 0 Å². The zero-order valence-electron chi connectivity index (χ0n) is 8.17. The highest BCUT2D eigenvalue weighted by molar-refractivity contribution is 6.36. The molecule has 0 amide bonds. The van der Waals surface area contributed by atoms with Crippen LogP contribution in [0.15, 0.2) is 18.3 Å². The van der Waals surface area contributed by atoms with Gasteiger partial charge < -0.3 is 9.72 Å². The molecule has 1 aromatic heterocycles. The van der Waals surface area contributed by atoms with Crippen molar-refractivity contribution in [2.75, 3.05) is 6.61 Å². The van der Waals surface area contributed by atoms with Gasteiger partial charge in [-0.1, -0.05) is 11.6 Å². The lowest BCUT2D eigenvalue weighted by Gasteiger charge is -2.06. The lowest BCUT2D eigenvalue weighted by Crippen LogP contribution is -1.93. The normalized spacial score (nSPS) is 10.2. The van der Waals surface area contributed by atoms with Crippen LogP contribution in [-0.4, -0.2) is 11.6 Å². The van der Waals surface area contributed by atoms with E-state index in [4.69, 9.17) is 21.6 Å². The average Bonchev–Trinajstić information content (AvgIpc) is 2.71. The second-order valence-electron chi connectivity index (χ2n) is 3.05. The fraction of sp³-hybridized carbons (Fsp3) is 0.182. The third-order valence-corrected chi connectivity index (χ3v) is 2.57. The Morgan fingerprint density at radius 1 is 1.60 bits per heavy atom. The second kappa shape index (κ2) is 3.84. The monoisotopic (exact) mass is 220 g/mol. The largest absolute Gasteiger partial charge is 0.492 e. The van der Waals surface area contributed by atoms with Gasteiger partial charge in [-0.25, -0.2) is 0 Å². The molecule has 0 fully saturated rings. The number of halogens is 1. The number of aromatic nitrogens is 1. The molecule has 15 heavy (non-hydrogen) atoms. The van der Waals surface area contributed by atoms with Crippen LogP contribution in [0.5, 0.6) is 5.75 Å². The first-order valence-electron chi connectivity index (χ1n) is 4.60. The molecule has 3 nitrogen and oxygen atoms in total. The summed E-state index contributed by atoms with van der Waals surface area (Å²) in [5.41, 5.74) is 1.27. The maximum absolute atomic E-state index is 8.91. The summed E-state index contributed by atoms with van der Waals surface area (Å²) in [7, 11) is 0. The van der Waals surface area contributed by atoms with Crippen molar-refractivity contribution in [2.24, 2.45) is 0 Å². The minimum atomic E-state index is 0.437. The van der Waals surface area contributed by atoms with Crippen molar-refractivity contribution < 1.29 is 4.74 Å². The van der Waals surface area contributed by atoms with E-state index in [1.54, 1.807) is 12.3 Å². The Morgan fingerprint density at radius 3 is 3.07 bits per heavy atom. The molecule has 1 aromatic carbocycles. The van der Waals surface area contributed by atoms with E-state index in [9.17, 15) is 0 Å². The number of nitrogens with zero attached hydrogens (tertiary/aromatic N) is 1. The van der Waals surface area contributed by atoms with Crippen LogP contribution in [0.25, 0.3) is 10.9 Å².